The first-order valence-corrected chi connectivity index (χ1v) is 5.74. The van der Waals surface area contributed by atoms with E-state index in [0.717, 1.165) is 18.0 Å². The van der Waals surface area contributed by atoms with Crippen LogP contribution in [0, 0.1) is 10.1 Å². The van der Waals surface area contributed by atoms with E-state index >= 15 is 0 Å². The van der Waals surface area contributed by atoms with Gasteiger partial charge in [0.15, 0.2) is 0 Å². The number of halogens is 2. The highest BCUT2D eigenvalue weighted by molar-refractivity contribution is 5.39. The molecule has 0 fully saturated rings. The van der Waals surface area contributed by atoms with Crippen molar-refractivity contribution in [1.29, 1.82) is 0 Å². The van der Waals surface area contributed by atoms with Crippen LogP contribution in [0.25, 0.3) is 0 Å². The zero-order valence-corrected chi connectivity index (χ0v) is 10.00. The minimum atomic E-state index is -2.83. The first kappa shape index (κ1) is 13.2. The molecular formula is C13H12F2N2O2. The average molecular weight is 266 g/mol. The molecule has 1 heterocycles. The molecule has 0 spiro atoms. The summed E-state index contributed by atoms with van der Waals surface area (Å²) in [6, 6.07) is 9.51. The molecule has 4 nitrogen and oxygen atoms in total. The fraction of sp³-hybridized carbons (Fsp3) is 0.231. The smallest absolute Gasteiger partial charge is 0.295 e. The Labute approximate surface area is 108 Å². The quantitative estimate of drug-likeness (QED) is 0.613. The Kier molecular flexibility index (Phi) is 3.89. The molecule has 0 saturated heterocycles. The van der Waals surface area contributed by atoms with Crippen LogP contribution in [0.15, 0.2) is 42.7 Å². The second-order valence-electron chi connectivity index (χ2n) is 4.13. The Morgan fingerprint density at radius 2 is 1.89 bits per heavy atom. The predicted molar refractivity (Wildman–Crippen MR) is 66.2 cm³/mol. The number of aryl methyl sites for hydroxylation is 2. The standard InChI is InChI=1S/C13H12F2N2O2/c14-13(15)11-8-16(9-12(11)17(18)19)7-6-10-4-2-1-3-5-10/h1-5,8-9,13H,6-7H2. The van der Waals surface area contributed by atoms with Crippen molar-refractivity contribution in [1.82, 2.24) is 4.57 Å². The highest BCUT2D eigenvalue weighted by Crippen LogP contribution is 2.29. The molecular weight excluding hydrogens is 254 g/mol. The Hall–Kier alpha value is -2.24. The molecule has 2 rings (SSSR count). The molecule has 19 heavy (non-hydrogen) atoms. The van der Waals surface area contributed by atoms with Gasteiger partial charge in [-0.15, -0.1) is 0 Å². The van der Waals surface area contributed by atoms with E-state index in [4.69, 9.17) is 0 Å². The van der Waals surface area contributed by atoms with Gasteiger partial charge >= 0.3 is 0 Å². The van der Waals surface area contributed by atoms with Crippen LogP contribution in [-0.2, 0) is 13.0 Å². The molecule has 0 amide bonds. The third kappa shape index (κ3) is 3.15. The maximum atomic E-state index is 12.6. The molecule has 0 unspecified atom stereocenters. The van der Waals surface area contributed by atoms with E-state index < -0.39 is 22.6 Å². The molecule has 1 aromatic heterocycles. The highest BCUT2D eigenvalue weighted by atomic mass is 19.3. The lowest BCUT2D eigenvalue weighted by Crippen LogP contribution is -1.98. The van der Waals surface area contributed by atoms with Gasteiger partial charge in [0.2, 0.25) is 0 Å². The van der Waals surface area contributed by atoms with E-state index in [1.165, 1.54) is 4.57 Å². The monoisotopic (exact) mass is 266 g/mol. The van der Waals surface area contributed by atoms with E-state index in [1.54, 1.807) is 0 Å². The van der Waals surface area contributed by atoms with Crippen molar-refractivity contribution in [3.63, 3.8) is 0 Å². The summed E-state index contributed by atoms with van der Waals surface area (Å²) in [6.45, 7) is 0.428. The number of hydrogen-bond acceptors (Lipinski definition) is 2. The number of nitro groups is 1. The van der Waals surface area contributed by atoms with E-state index in [1.807, 2.05) is 30.3 Å². The summed E-state index contributed by atoms with van der Waals surface area (Å²) in [6.07, 6.45) is 0.101. The van der Waals surface area contributed by atoms with Gasteiger partial charge in [-0.25, -0.2) is 8.78 Å². The van der Waals surface area contributed by atoms with Crippen LogP contribution < -0.4 is 0 Å². The lowest BCUT2D eigenvalue weighted by Gasteiger charge is -2.02. The lowest BCUT2D eigenvalue weighted by molar-refractivity contribution is -0.386. The molecule has 6 heteroatoms. The molecule has 2 aromatic rings. The van der Waals surface area contributed by atoms with Crippen LogP contribution in [0.5, 0.6) is 0 Å². The van der Waals surface area contributed by atoms with Gasteiger partial charge in [-0.2, -0.15) is 0 Å². The van der Waals surface area contributed by atoms with Crippen LogP contribution in [0.3, 0.4) is 0 Å². The van der Waals surface area contributed by atoms with Gasteiger partial charge in [-0.05, 0) is 12.0 Å². The molecule has 100 valence electrons. The lowest BCUT2D eigenvalue weighted by atomic mass is 10.1. The van der Waals surface area contributed by atoms with Gasteiger partial charge in [0.1, 0.15) is 5.56 Å². The third-order valence-corrected chi connectivity index (χ3v) is 2.82. The molecule has 0 aliphatic heterocycles. The summed E-state index contributed by atoms with van der Waals surface area (Å²) < 4.78 is 26.7. The Balaban J connectivity index is 2.13. The summed E-state index contributed by atoms with van der Waals surface area (Å²) in [4.78, 5) is 9.90. The van der Waals surface area contributed by atoms with Crippen LogP contribution in [-0.4, -0.2) is 9.49 Å². The first-order chi connectivity index (χ1) is 9.08. The van der Waals surface area contributed by atoms with Crippen LogP contribution >= 0.6 is 0 Å². The number of rotatable bonds is 5. The van der Waals surface area contributed by atoms with Crippen LogP contribution in [0.2, 0.25) is 0 Å². The largest absolute Gasteiger partial charge is 0.347 e. The van der Waals surface area contributed by atoms with Crippen molar-refractivity contribution >= 4 is 5.69 Å². The molecule has 0 N–H and O–H groups in total. The Morgan fingerprint density at radius 3 is 2.42 bits per heavy atom. The van der Waals surface area contributed by atoms with Gasteiger partial charge in [0.05, 0.1) is 11.1 Å². The normalized spacial score (nSPS) is 10.9. The highest BCUT2D eigenvalue weighted by Gasteiger charge is 2.24. The molecule has 0 bridgehead atoms. The van der Waals surface area contributed by atoms with Gasteiger partial charge < -0.3 is 4.57 Å². The minimum Gasteiger partial charge on any atom is -0.347 e. The topological polar surface area (TPSA) is 48.1 Å². The zero-order chi connectivity index (χ0) is 13.8. The van der Waals surface area contributed by atoms with Gasteiger partial charge in [0, 0.05) is 12.7 Å². The van der Waals surface area contributed by atoms with Gasteiger partial charge in [-0.1, -0.05) is 30.3 Å². The van der Waals surface area contributed by atoms with Crippen molar-refractivity contribution in [3.8, 4) is 0 Å². The maximum Gasteiger partial charge on any atom is 0.295 e. The van der Waals surface area contributed by atoms with Crippen molar-refractivity contribution in [3.05, 3.63) is 64.0 Å². The van der Waals surface area contributed by atoms with Gasteiger partial charge in [-0.3, -0.25) is 10.1 Å². The zero-order valence-electron chi connectivity index (χ0n) is 10.00. The summed E-state index contributed by atoms with van der Waals surface area (Å²) in [5.74, 6) is 0. The summed E-state index contributed by atoms with van der Waals surface area (Å²) in [5.41, 5.74) is -0.00132. The molecule has 0 radical (unpaired) electrons. The van der Waals surface area contributed by atoms with Crippen LogP contribution in [0.4, 0.5) is 14.5 Å². The van der Waals surface area contributed by atoms with Gasteiger partial charge in [0.25, 0.3) is 12.1 Å². The number of benzene rings is 1. The van der Waals surface area contributed by atoms with E-state index in [0.29, 0.717) is 13.0 Å². The number of hydrogen-bond donors (Lipinski definition) is 0. The first-order valence-electron chi connectivity index (χ1n) is 5.74. The fourth-order valence-electron chi connectivity index (χ4n) is 1.87. The third-order valence-electron chi connectivity index (χ3n) is 2.82. The second kappa shape index (κ2) is 5.60. The number of alkyl halides is 2. The van der Waals surface area contributed by atoms with Crippen molar-refractivity contribution in [2.75, 3.05) is 0 Å². The number of nitrogens with zero attached hydrogens (tertiary/aromatic N) is 2. The SMILES string of the molecule is O=[N+]([O-])c1cn(CCc2ccccc2)cc1C(F)F. The Morgan fingerprint density at radius 1 is 1.21 bits per heavy atom. The molecule has 0 aliphatic carbocycles. The molecule has 1 aromatic carbocycles. The van der Waals surface area contributed by atoms with E-state index in [2.05, 4.69) is 0 Å². The minimum absolute atomic E-state index is 0.428. The predicted octanol–water partition coefficient (Wildman–Crippen LogP) is 3.58. The van der Waals surface area contributed by atoms with E-state index in [-0.39, 0.29) is 0 Å². The van der Waals surface area contributed by atoms with Crippen molar-refractivity contribution in [2.45, 2.75) is 19.4 Å². The second-order valence-corrected chi connectivity index (χ2v) is 4.13. The molecule has 0 aliphatic rings. The molecule has 0 atom stereocenters. The van der Waals surface area contributed by atoms with Crippen molar-refractivity contribution in [2.24, 2.45) is 0 Å². The fourth-order valence-corrected chi connectivity index (χ4v) is 1.87. The summed E-state index contributed by atoms with van der Waals surface area (Å²) >= 11 is 0. The molecule has 0 saturated carbocycles. The van der Waals surface area contributed by atoms with E-state index in [9.17, 15) is 18.9 Å². The number of aromatic nitrogens is 1. The van der Waals surface area contributed by atoms with Crippen LogP contribution in [0.1, 0.15) is 17.6 Å². The maximum absolute atomic E-state index is 12.6. The summed E-state index contributed by atoms with van der Waals surface area (Å²) in [5, 5.41) is 10.7. The Bertz CT molecular complexity index is 567. The average Bonchev–Trinajstić information content (AvgIpc) is 2.82. The van der Waals surface area contributed by atoms with Crippen molar-refractivity contribution < 1.29 is 13.7 Å². The summed E-state index contributed by atoms with van der Waals surface area (Å²) in [7, 11) is 0.